The van der Waals surface area contributed by atoms with Crippen LogP contribution in [0.25, 0.3) is 0 Å². The Balaban J connectivity index is 0.00000400. The molecule has 1 N–H and O–H groups in total. The molecule has 0 amide bonds. The van der Waals surface area contributed by atoms with Crippen molar-refractivity contribution < 1.29 is 4.74 Å². The summed E-state index contributed by atoms with van der Waals surface area (Å²) < 4.78 is 5.46. The second kappa shape index (κ2) is 11.7. The lowest BCUT2D eigenvalue weighted by atomic mass is 10.2. The number of hydrogen-bond acceptors (Lipinski definition) is 2. The quantitative estimate of drug-likeness (QED) is 0.429. The molecule has 0 aliphatic rings. The van der Waals surface area contributed by atoms with E-state index in [0.717, 1.165) is 37.8 Å². The molecule has 0 heterocycles. The molecular formula is C16H28IN3O. The first kappa shape index (κ1) is 20.0. The van der Waals surface area contributed by atoms with E-state index in [4.69, 9.17) is 4.74 Å². The molecule has 0 saturated carbocycles. The lowest BCUT2D eigenvalue weighted by Gasteiger charge is -2.22. The number of rotatable bonds is 7. The molecule has 0 fully saturated rings. The van der Waals surface area contributed by atoms with E-state index in [0.29, 0.717) is 6.61 Å². The van der Waals surface area contributed by atoms with Gasteiger partial charge in [0.1, 0.15) is 5.75 Å². The zero-order chi connectivity index (χ0) is 14.8. The summed E-state index contributed by atoms with van der Waals surface area (Å²) in [6.45, 7) is 9.50. The molecule has 0 aliphatic carbocycles. The molecule has 1 rings (SSSR count). The van der Waals surface area contributed by atoms with Crippen LogP contribution < -0.4 is 10.1 Å². The molecule has 120 valence electrons. The van der Waals surface area contributed by atoms with E-state index in [1.165, 1.54) is 5.56 Å². The Kier molecular flexibility index (Phi) is 11.1. The van der Waals surface area contributed by atoms with Gasteiger partial charge in [-0.15, -0.1) is 24.0 Å². The van der Waals surface area contributed by atoms with Gasteiger partial charge in [0.2, 0.25) is 0 Å². The molecule has 0 aromatic heterocycles. The van der Waals surface area contributed by atoms with E-state index < -0.39 is 0 Å². The maximum Gasteiger partial charge on any atom is 0.193 e. The third kappa shape index (κ3) is 7.55. The Labute approximate surface area is 146 Å². The zero-order valence-electron chi connectivity index (χ0n) is 13.6. The molecule has 4 nitrogen and oxygen atoms in total. The molecule has 0 unspecified atom stereocenters. The van der Waals surface area contributed by atoms with Gasteiger partial charge in [-0.2, -0.15) is 0 Å². The normalized spacial score (nSPS) is 10.8. The molecule has 21 heavy (non-hydrogen) atoms. The van der Waals surface area contributed by atoms with Crippen molar-refractivity contribution in [1.82, 2.24) is 10.2 Å². The van der Waals surface area contributed by atoms with Crippen molar-refractivity contribution >= 4 is 29.9 Å². The van der Waals surface area contributed by atoms with Crippen LogP contribution >= 0.6 is 24.0 Å². The van der Waals surface area contributed by atoms with Gasteiger partial charge in [0.05, 0.1) is 6.61 Å². The SMILES string of the molecule is CCCN=C(NCC)N(C)Cc1ccc(OCC)cc1.I. The van der Waals surface area contributed by atoms with Crippen molar-refractivity contribution in [3.05, 3.63) is 29.8 Å². The Morgan fingerprint density at radius 3 is 2.38 bits per heavy atom. The largest absolute Gasteiger partial charge is 0.494 e. The highest BCUT2D eigenvalue weighted by Crippen LogP contribution is 2.13. The third-order valence-electron chi connectivity index (χ3n) is 2.84. The van der Waals surface area contributed by atoms with Crippen LogP contribution in [-0.2, 0) is 6.54 Å². The number of guanidine groups is 1. The smallest absolute Gasteiger partial charge is 0.193 e. The molecule has 0 radical (unpaired) electrons. The number of nitrogens with zero attached hydrogens (tertiary/aromatic N) is 2. The third-order valence-corrected chi connectivity index (χ3v) is 2.84. The number of halogens is 1. The highest BCUT2D eigenvalue weighted by molar-refractivity contribution is 14.0. The van der Waals surface area contributed by atoms with Crippen molar-refractivity contribution in [2.45, 2.75) is 33.7 Å². The summed E-state index contributed by atoms with van der Waals surface area (Å²) in [6.07, 6.45) is 1.06. The highest BCUT2D eigenvalue weighted by Gasteiger charge is 2.06. The van der Waals surface area contributed by atoms with Crippen LogP contribution in [0.3, 0.4) is 0 Å². The van der Waals surface area contributed by atoms with Crippen LogP contribution in [0.1, 0.15) is 32.8 Å². The summed E-state index contributed by atoms with van der Waals surface area (Å²) in [5.74, 6) is 1.88. The standard InChI is InChI=1S/C16H27N3O.HI/c1-5-12-18-16(17-6-2)19(4)13-14-8-10-15(11-9-14)20-7-3;/h8-11H,5-7,12-13H2,1-4H3,(H,17,18);1H. The molecule has 0 bridgehead atoms. The molecule has 0 saturated heterocycles. The predicted molar refractivity (Wildman–Crippen MR) is 101 cm³/mol. The van der Waals surface area contributed by atoms with E-state index in [2.05, 4.69) is 48.2 Å². The van der Waals surface area contributed by atoms with Crippen LogP contribution in [0, 0.1) is 0 Å². The average molecular weight is 405 g/mol. The van der Waals surface area contributed by atoms with E-state index in [-0.39, 0.29) is 24.0 Å². The molecule has 1 aromatic carbocycles. The number of aliphatic imine (C=N–C) groups is 1. The summed E-state index contributed by atoms with van der Waals surface area (Å²) in [4.78, 5) is 6.73. The van der Waals surface area contributed by atoms with Crippen LogP contribution in [-0.4, -0.2) is 37.6 Å². The zero-order valence-corrected chi connectivity index (χ0v) is 15.9. The van der Waals surface area contributed by atoms with Crippen LogP contribution in [0.4, 0.5) is 0 Å². The van der Waals surface area contributed by atoms with Crippen molar-refractivity contribution in [2.24, 2.45) is 4.99 Å². The molecule has 0 aliphatic heterocycles. The van der Waals surface area contributed by atoms with Gasteiger partial charge in [-0.05, 0) is 38.0 Å². The first-order valence-corrected chi connectivity index (χ1v) is 7.42. The van der Waals surface area contributed by atoms with Crippen molar-refractivity contribution in [3.63, 3.8) is 0 Å². The maximum absolute atomic E-state index is 5.46. The average Bonchev–Trinajstić information content (AvgIpc) is 2.45. The Morgan fingerprint density at radius 2 is 1.86 bits per heavy atom. The van der Waals surface area contributed by atoms with Gasteiger partial charge in [0.25, 0.3) is 0 Å². The fourth-order valence-electron chi connectivity index (χ4n) is 1.89. The van der Waals surface area contributed by atoms with Crippen LogP contribution in [0.5, 0.6) is 5.75 Å². The Morgan fingerprint density at radius 1 is 1.19 bits per heavy atom. The van der Waals surface area contributed by atoms with Crippen LogP contribution in [0.15, 0.2) is 29.3 Å². The lowest BCUT2D eigenvalue weighted by molar-refractivity contribution is 0.340. The topological polar surface area (TPSA) is 36.9 Å². The minimum Gasteiger partial charge on any atom is -0.494 e. The Bertz CT molecular complexity index is 406. The molecule has 5 heteroatoms. The van der Waals surface area contributed by atoms with Crippen molar-refractivity contribution in [3.8, 4) is 5.75 Å². The van der Waals surface area contributed by atoms with Gasteiger partial charge < -0.3 is 15.0 Å². The number of hydrogen-bond donors (Lipinski definition) is 1. The fraction of sp³-hybridized carbons (Fsp3) is 0.562. The maximum atomic E-state index is 5.46. The second-order valence-corrected chi connectivity index (χ2v) is 4.67. The molecule has 0 spiro atoms. The molecular weight excluding hydrogens is 377 g/mol. The monoisotopic (exact) mass is 405 g/mol. The molecule has 0 atom stereocenters. The number of benzene rings is 1. The summed E-state index contributed by atoms with van der Waals surface area (Å²) in [5.41, 5.74) is 1.25. The van der Waals surface area contributed by atoms with Crippen LogP contribution in [0.2, 0.25) is 0 Å². The summed E-state index contributed by atoms with van der Waals surface area (Å²) in [5, 5.41) is 3.32. The van der Waals surface area contributed by atoms with Gasteiger partial charge in [0, 0.05) is 26.7 Å². The Hall–Kier alpha value is -0.980. The molecule has 1 aromatic rings. The number of ether oxygens (including phenoxy) is 1. The van der Waals surface area contributed by atoms with Gasteiger partial charge in [-0.3, -0.25) is 4.99 Å². The van der Waals surface area contributed by atoms with E-state index in [9.17, 15) is 0 Å². The van der Waals surface area contributed by atoms with E-state index in [1.807, 2.05) is 19.1 Å². The van der Waals surface area contributed by atoms with Gasteiger partial charge in [0.15, 0.2) is 5.96 Å². The van der Waals surface area contributed by atoms with Gasteiger partial charge >= 0.3 is 0 Å². The first-order chi connectivity index (χ1) is 9.71. The minimum absolute atomic E-state index is 0. The summed E-state index contributed by atoms with van der Waals surface area (Å²) in [6, 6.07) is 8.24. The predicted octanol–water partition coefficient (Wildman–Crippen LogP) is 3.51. The van der Waals surface area contributed by atoms with E-state index >= 15 is 0 Å². The fourth-order valence-corrected chi connectivity index (χ4v) is 1.89. The van der Waals surface area contributed by atoms with Gasteiger partial charge in [-0.1, -0.05) is 19.1 Å². The van der Waals surface area contributed by atoms with E-state index in [1.54, 1.807) is 0 Å². The lowest BCUT2D eigenvalue weighted by Crippen LogP contribution is -2.38. The summed E-state index contributed by atoms with van der Waals surface area (Å²) >= 11 is 0. The highest BCUT2D eigenvalue weighted by atomic mass is 127. The first-order valence-electron chi connectivity index (χ1n) is 7.42. The number of nitrogens with one attached hydrogen (secondary N) is 1. The van der Waals surface area contributed by atoms with Crippen molar-refractivity contribution in [2.75, 3.05) is 26.7 Å². The van der Waals surface area contributed by atoms with Gasteiger partial charge in [-0.25, -0.2) is 0 Å². The summed E-state index contributed by atoms with van der Waals surface area (Å²) in [7, 11) is 2.06. The minimum atomic E-state index is 0. The second-order valence-electron chi connectivity index (χ2n) is 4.67. The van der Waals surface area contributed by atoms with Crippen molar-refractivity contribution in [1.29, 1.82) is 0 Å².